The lowest BCUT2D eigenvalue weighted by atomic mass is 10.1. The first-order valence-corrected chi connectivity index (χ1v) is 5.88. The van der Waals surface area contributed by atoms with Crippen molar-refractivity contribution in [3.05, 3.63) is 34.9 Å². The van der Waals surface area contributed by atoms with Gasteiger partial charge < -0.3 is 15.7 Å². The van der Waals surface area contributed by atoms with Gasteiger partial charge in [0, 0.05) is 11.6 Å². The van der Waals surface area contributed by atoms with Crippen molar-refractivity contribution in [2.24, 2.45) is 0 Å². The number of amides is 2. The summed E-state index contributed by atoms with van der Waals surface area (Å²) in [6.45, 7) is 1.94. The van der Waals surface area contributed by atoms with Crippen LogP contribution in [0.25, 0.3) is 0 Å². The van der Waals surface area contributed by atoms with Gasteiger partial charge in [-0.2, -0.15) is 0 Å². The summed E-state index contributed by atoms with van der Waals surface area (Å²) in [4.78, 5) is 21.7. The van der Waals surface area contributed by atoms with E-state index in [1.807, 2.05) is 19.1 Å². The van der Waals surface area contributed by atoms with Crippen molar-refractivity contribution in [1.29, 1.82) is 0 Å². The SMILES string of the molecule is C[C@H](NC(=O)NCCC(=O)O)c1ccc(Cl)cc1. The molecule has 0 heterocycles. The summed E-state index contributed by atoms with van der Waals surface area (Å²) >= 11 is 5.76. The molecule has 1 atom stereocenters. The number of carbonyl (C=O) groups excluding carboxylic acids is 1. The van der Waals surface area contributed by atoms with Crippen LogP contribution in [0.1, 0.15) is 24.9 Å². The van der Waals surface area contributed by atoms with Crippen LogP contribution in [-0.2, 0) is 4.79 Å². The van der Waals surface area contributed by atoms with Crippen LogP contribution >= 0.6 is 11.6 Å². The lowest BCUT2D eigenvalue weighted by molar-refractivity contribution is -0.136. The van der Waals surface area contributed by atoms with Gasteiger partial charge in [0.15, 0.2) is 0 Å². The summed E-state index contributed by atoms with van der Waals surface area (Å²) in [6, 6.07) is 6.58. The monoisotopic (exact) mass is 270 g/mol. The summed E-state index contributed by atoms with van der Waals surface area (Å²) < 4.78 is 0. The minimum absolute atomic E-state index is 0.0945. The Balaban J connectivity index is 2.39. The molecule has 0 saturated carbocycles. The molecule has 0 bridgehead atoms. The van der Waals surface area contributed by atoms with E-state index in [2.05, 4.69) is 10.6 Å². The summed E-state index contributed by atoms with van der Waals surface area (Å²) in [6.07, 6.45) is -0.0945. The lowest BCUT2D eigenvalue weighted by Gasteiger charge is -2.14. The fraction of sp³-hybridized carbons (Fsp3) is 0.333. The van der Waals surface area contributed by atoms with E-state index in [1.54, 1.807) is 12.1 Å². The van der Waals surface area contributed by atoms with Gasteiger partial charge in [0.2, 0.25) is 0 Å². The molecule has 0 unspecified atom stereocenters. The molecular weight excluding hydrogens is 256 g/mol. The quantitative estimate of drug-likeness (QED) is 0.767. The van der Waals surface area contributed by atoms with Crippen molar-refractivity contribution in [3.8, 4) is 0 Å². The number of nitrogens with one attached hydrogen (secondary N) is 2. The molecule has 0 aliphatic heterocycles. The van der Waals surface area contributed by atoms with Crippen LogP contribution in [-0.4, -0.2) is 23.7 Å². The highest BCUT2D eigenvalue weighted by Gasteiger charge is 2.09. The smallest absolute Gasteiger partial charge is 0.315 e. The third-order valence-electron chi connectivity index (χ3n) is 2.34. The van der Waals surface area contributed by atoms with Crippen LogP contribution in [0.4, 0.5) is 4.79 Å². The third-order valence-corrected chi connectivity index (χ3v) is 2.59. The first kappa shape index (κ1) is 14.3. The molecule has 6 heteroatoms. The highest BCUT2D eigenvalue weighted by molar-refractivity contribution is 6.30. The summed E-state index contributed by atoms with van der Waals surface area (Å²) in [5.74, 6) is -0.943. The van der Waals surface area contributed by atoms with Gasteiger partial charge in [0.05, 0.1) is 12.5 Å². The van der Waals surface area contributed by atoms with Gasteiger partial charge >= 0.3 is 12.0 Å². The maximum atomic E-state index is 11.4. The largest absolute Gasteiger partial charge is 0.481 e. The van der Waals surface area contributed by atoms with Crippen LogP contribution in [0, 0.1) is 0 Å². The van der Waals surface area contributed by atoms with Crippen molar-refractivity contribution in [2.75, 3.05) is 6.54 Å². The lowest BCUT2D eigenvalue weighted by Crippen LogP contribution is -2.38. The number of halogens is 1. The number of carboxylic acids is 1. The molecule has 0 fully saturated rings. The molecule has 0 aromatic heterocycles. The molecule has 5 nitrogen and oxygen atoms in total. The number of rotatable bonds is 5. The third kappa shape index (κ3) is 5.05. The Morgan fingerprint density at radius 3 is 2.50 bits per heavy atom. The Morgan fingerprint density at radius 1 is 1.33 bits per heavy atom. The zero-order valence-electron chi connectivity index (χ0n) is 9.94. The van der Waals surface area contributed by atoms with E-state index in [-0.39, 0.29) is 19.0 Å². The number of aliphatic carboxylic acids is 1. The van der Waals surface area contributed by atoms with Crippen molar-refractivity contribution >= 4 is 23.6 Å². The van der Waals surface area contributed by atoms with E-state index < -0.39 is 12.0 Å². The number of benzene rings is 1. The maximum Gasteiger partial charge on any atom is 0.315 e. The molecule has 1 aromatic carbocycles. The van der Waals surface area contributed by atoms with Crippen LogP contribution in [0.2, 0.25) is 5.02 Å². The molecule has 98 valence electrons. The molecule has 0 aliphatic carbocycles. The zero-order valence-corrected chi connectivity index (χ0v) is 10.7. The standard InChI is InChI=1S/C12H15ClN2O3/c1-8(9-2-4-10(13)5-3-9)15-12(18)14-7-6-11(16)17/h2-5,8H,6-7H2,1H3,(H,16,17)(H2,14,15,18)/t8-/m0/s1. The van der Waals surface area contributed by atoms with Crippen LogP contribution in [0.3, 0.4) is 0 Å². The van der Waals surface area contributed by atoms with Crippen LogP contribution in [0.15, 0.2) is 24.3 Å². The Bertz CT molecular complexity index is 420. The molecule has 2 amide bonds. The average Bonchev–Trinajstić information content (AvgIpc) is 2.29. The number of carbonyl (C=O) groups is 2. The first-order valence-electron chi connectivity index (χ1n) is 5.50. The number of hydrogen-bond donors (Lipinski definition) is 3. The van der Waals surface area contributed by atoms with Crippen molar-refractivity contribution < 1.29 is 14.7 Å². The minimum atomic E-state index is -0.943. The topological polar surface area (TPSA) is 78.4 Å². The Morgan fingerprint density at radius 2 is 1.94 bits per heavy atom. The first-order chi connectivity index (χ1) is 8.49. The Hall–Kier alpha value is -1.75. The molecular formula is C12H15ClN2O3. The second-order valence-electron chi connectivity index (χ2n) is 3.82. The normalized spacial score (nSPS) is 11.7. The number of hydrogen-bond acceptors (Lipinski definition) is 2. The van der Waals surface area contributed by atoms with Crippen LogP contribution in [0.5, 0.6) is 0 Å². The fourth-order valence-electron chi connectivity index (χ4n) is 1.37. The molecule has 0 spiro atoms. The van der Waals surface area contributed by atoms with Crippen molar-refractivity contribution in [1.82, 2.24) is 10.6 Å². The molecule has 0 radical (unpaired) electrons. The molecule has 0 aliphatic rings. The predicted octanol–water partition coefficient (Wildman–Crippen LogP) is 2.17. The molecule has 1 aromatic rings. The van der Waals surface area contributed by atoms with E-state index in [4.69, 9.17) is 16.7 Å². The van der Waals surface area contributed by atoms with Gasteiger partial charge in [-0.05, 0) is 24.6 Å². The molecule has 1 rings (SSSR count). The fourth-order valence-corrected chi connectivity index (χ4v) is 1.49. The van der Waals surface area contributed by atoms with E-state index in [9.17, 15) is 9.59 Å². The minimum Gasteiger partial charge on any atom is -0.481 e. The van der Waals surface area contributed by atoms with Crippen LogP contribution < -0.4 is 10.6 Å². The van der Waals surface area contributed by atoms with E-state index >= 15 is 0 Å². The van der Waals surface area contributed by atoms with Gasteiger partial charge in [0.1, 0.15) is 0 Å². The Labute approximate surface area is 110 Å². The van der Waals surface area contributed by atoms with E-state index in [1.165, 1.54) is 0 Å². The van der Waals surface area contributed by atoms with Crippen molar-refractivity contribution in [2.45, 2.75) is 19.4 Å². The predicted molar refractivity (Wildman–Crippen MR) is 68.7 cm³/mol. The summed E-state index contributed by atoms with van der Waals surface area (Å²) in [5, 5.41) is 14.2. The Kier molecular flexibility index (Phi) is 5.45. The number of urea groups is 1. The van der Waals surface area contributed by atoms with Gasteiger partial charge in [-0.25, -0.2) is 4.79 Å². The molecule has 3 N–H and O–H groups in total. The van der Waals surface area contributed by atoms with Gasteiger partial charge in [0.25, 0.3) is 0 Å². The maximum absolute atomic E-state index is 11.4. The summed E-state index contributed by atoms with van der Waals surface area (Å²) in [7, 11) is 0. The average molecular weight is 271 g/mol. The van der Waals surface area contributed by atoms with Gasteiger partial charge in [-0.15, -0.1) is 0 Å². The summed E-state index contributed by atoms with van der Waals surface area (Å²) in [5.41, 5.74) is 0.924. The van der Waals surface area contributed by atoms with E-state index in [0.717, 1.165) is 5.56 Å². The van der Waals surface area contributed by atoms with Gasteiger partial charge in [-0.3, -0.25) is 4.79 Å². The highest BCUT2D eigenvalue weighted by atomic mass is 35.5. The second kappa shape index (κ2) is 6.86. The second-order valence-corrected chi connectivity index (χ2v) is 4.25. The molecule has 18 heavy (non-hydrogen) atoms. The van der Waals surface area contributed by atoms with E-state index in [0.29, 0.717) is 5.02 Å². The molecule has 0 saturated heterocycles. The number of carboxylic acid groups (broad SMARTS) is 1. The van der Waals surface area contributed by atoms with Gasteiger partial charge in [-0.1, -0.05) is 23.7 Å². The highest BCUT2D eigenvalue weighted by Crippen LogP contribution is 2.15. The zero-order chi connectivity index (χ0) is 13.5. The van der Waals surface area contributed by atoms with Crippen molar-refractivity contribution in [3.63, 3.8) is 0 Å².